The number of carbonyl (C=O) groups is 1. The lowest BCUT2D eigenvalue weighted by molar-refractivity contribution is -0.121. The first-order valence-electron chi connectivity index (χ1n) is 10.6. The number of piperidine rings is 1. The molecule has 1 amide bonds. The van der Waals surface area contributed by atoms with Crippen LogP contribution < -0.4 is 10.1 Å². The molecule has 2 aromatic carbocycles. The maximum Gasteiger partial charge on any atom is 0.247 e. The maximum atomic E-state index is 13.4. The molecule has 0 radical (unpaired) electrons. The fourth-order valence-corrected chi connectivity index (χ4v) is 6.01. The minimum Gasteiger partial charge on any atom is -0.492 e. The molecule has 4 rings (SSSR count). The average molecular weight is 444 g/mol. The smallest absolute Gasteiger partial charge is 0.247 e. The molecule has 0 bridgehead atoms. The Morgan fingerprint density at radius 1 is 1.06 bits per heavy atom. The highest BCUT2D eigenvalue weighted by Crippen LogP contribution is 2.39. The Morgan fingerprint density at radius 3 is 2.45 bits per heavy atom. The number of likely N-dealkylation sites (N-methyl/N-ethyl adjacent to an activating group) is 1. The number of nitrogens with zero attached hydrogens (tertiary/aromatic N) is 2. The van der Waals surface area contributed by atoms with Crippen LogP contribution in [0.15, 0.2) is 59.5 Å². The lowest BCUT2D eigenvalue weighted by Gasteiger charge is -2.44. The van der Waals surface area contributed by atoms with Crippen LogP contribution in [0.4, 0.5) is 0 Å². The molecule has 31 heavy (non-hydrogen) atoms. The van der Waals surface area contributed by atoms with Gasteiger partial charge in [-0.15, -0.1) is 0 Å². The van der Waals surface area contributed by atoms with Crippen molar-refractivity contribution in [3.8, 4) is 5.75 Å². The van der Waals surface area contributed by atoms with Gasteiger partial charge in [0.25, 0.3) is 0 Å². The lowest BCUT2D eigenvalue weighted by Crippen LogP contribution is -2.53. The number of sulfonamides is 1. The van der Waals surface area contributed by atoms with Crippen molar-refractivity contribution >= 4 is 15.9 Å². The van der Waals surface area contributed by atoms with Gasteiger partial charge in [0.2, 0.25) is 15.9 Å². The van der Waals surface area contributed by atoms with Gasteiger partial charge in [-0.05, 0) is 43.6 Å². The van der Waals surface area contributed by atoms with E-state index in [2.05, 4.69) is 22.3 Å². The molecule has 1 fully saturated rings. The van der Waals surface area contributed by atoms with E-state index in [0.717, 1.165) is 32.5 Å². The molecule has 0 saturated carbocycles. The highest BCUT2D eigenvalue weighted by atomic mass is 32.2. The van der Waals surface area contributed by atoms with Crippen molar-refractivity contribution < 1.29 is 17.9 Å². The van der Waals surface area contributed by atoms with Gasteiger partial charge < -0.3 is 10.1 Å². The molecule has 0 atom stereocenters. The number of hydrogen-bond acceptors (Lipinski definition) is 5. The highest BCUT2D eigenvalue weighted by Gasteiger charge is 2.43. The van der Waals surface area contributed by atoms with E-state index in [-0.39, 0.29) is 29.3 Å². The minimum absolute atomic E-state index is 0.121. The van der Waals surface area contributed by atoms with E-state index in [1.54, 1.807) is 24.3 Å². The Kier molecular flexibility index (Phi) is 6.31. The molecule has 2 heterocycles. The van der Waals surface area contributed by atoms with Gasteiger partial charge in [0, 0.05) is 25.6 Å². The lowest BCUT2D eigenvalue weighted by atomic mass is 9.78. The van der Waals surface area contributed by atoms with E-state index >= 15 is 0 Å². The fourth-order valence-electron chi connectivity index (χ4n) is 4.37. The number of benzene rings is 2. The molecule has 8 heteroatoms. The molecule has 0 unspecified atom stereocenters. The molecule has 7 nitrogen and oxygen atoms in total. The van der Waals surface area contributed by atoms with Gasteiger partial charge >= 0.3 is 0 Å². The summed E-state index contributed by atoms with van der Waals surface area (Å²) in [6.07, 6.45) is 1.61. The molecule has 0 aliphatic carbocycles. The van der Waals surface area contributed by atoms with Gasteiger partial charge in [0.1, 0.15) is 10.6 Å². The first-order valence-corrected chi connectivity index (χ1v) is 12.0. The number of para-hydroxylation sites is 1. The van der Waals surface area contributed by atoms with Crippen LogP contribution in [0, 0.1) is 5.41 Å². The van der Waals surface area contributed by atoms with Crippen molar-refractivity contribution in [3.63, 3.8) is 0 Å². The Labute approximate surface area is 184 Å². The van der Waals surface area contributed by atoms with E-state index in [4.69, 9.17) is 4.74 Å². The van der Waals surface area contributed by atoms with Gasteiger partial charge in [-0.25, -0.2) is 8.42 Å². The molecular formula is C23H29N3O4S. The Bertz CT molecular complexity index is 1020. The van der Waals surface area contributed by atoms with Crippen LogP contribution in [-0.2, 0) is 21.4 Å². The van der Waals surface area contributed by atoms with Gasteiger partial charge in [-0.3, -0.25) is 9.69 Å². The largest absolute Gasteiger partial charge is 0.492 e. The van der Waals surface area contributed by atoms with E-state index in [9.17, 15) is 13.2 Å². The third kappa shape index (κ3) is 4.76. The quantitative estimate of drug-likeness (QED) is 0.783. The fraction of sp³-hybridized carbons (Fsp3) is 0.435. The summed E-state index contributed by atoms with van der Waals surface area (Å²) in [5, 5.41) is 2.55. The van der Waals surface area contributed by atoms with E-state index in [0.29, 0.717) is 12.4 Å². The van der Waals surface area contributed by atoms with Crippen molar-refractivity contribution in [1.29, 1.82) is 0 Å². The molecule has 166 valence electrons. The van der Waals surface area contributed by atoms with Crippen molar-refractivity contribution in [2.24, 2.45) is 5.41 Å². The van der Waals surface area contributed by atoms with Crippen LogP contribution in [0.25, 0.3) is 0 Å². The normalized spacial score (nSPS) is 20.8. The van der Waals surface area contributed by atoms with Crippen LogP contribution in [0.2, 0.25) is 0 Å². The molecule has 0 aromatic heterocycles. The van der Waals surface area contributed by atoms with E-state index in [1.807, 2.05) is 18.2 Å². The summed E-state index contributed by atoms with van der Waals surface area (Å²) in [6.45, 7) is 3.10. The molecule has 2 aliphatic rings. The second kappa shape index (κ2) is 8.98. The molecule has 1 N–H and O–H groups in total. The van der Waals surface area contributed by atoms with Crippen LogP contribution in [0.3, 0.4) is 0 Å². The number of ether oxygens (including phenoxy) is 1. The van der Waals surface area contributed by atoms with Crippen LogP contribution in [-0.4, -0.2) is 63.4 Å². The zero-order valence-corrected chi connectivity index (χ0v) is 18.6. The summed E-state index contributed by atoms with van der Waals surface area (Å²) in [5.41, 5.74) is 0.937. The summed E-state index contributed by atoms with van der Waals surface area (Å²) < 4.78 is 34.2. The second-order valence-electron chi connectivity index (χ2n) is 8.44. The average Bonchev–Trinajstić information content (AvgIpc) is 2.79. The topological polar surface area (TPSA) is 79.0 Å². The van der Waals surface area contributed by atoms with Crippen molar-refractivity contribution in [3.05, 3.63) is 60.2 Å². The highest BCUT2D eigenvalue weighted by molar-refractivity contribution is 7.89. The summed E-state index contributed by atoms with van der Waals surface area (Å²) >= 11 is 0. The third-order valence-electron chi connectivity index (χ3n) is 6.28. The molecule has 1 spiro atoms. The first kappa shape index (κ1) is 21.8. The molecule has 2 aliphatic heterocycles. The summed E-state index contributed by atoms with van der Waals surface area (Å²) in [7, 11) is -2.33. The predicted molar refractivity (Wildman–Crippen MR) is 118 cm³/mol. The monoisotopic (exact) mass is 443 g/mol. The van der Waals surface area contributed by atoms with Crippen LogP contribution in [0.1, 0.15) is 18.4 Å². The SMILES string of the molecule is CNC(=O)CN1CC2(CCN(Cc3ccccc3)CC2)COc2ccccc2S1(=O)=O. The number of nitrogens with one attached hydrogen (secondary N) is 1. The summed E-state index contributed by atoms with van der Waals surface area (Å²) in [5.74, 6) is 0.0365. The maximum absolute atomic E-state index is 13.4. The number of rotatable bonds is 4. The van der Waals surface area contributed by atoms with Crippen molar-refractivity contribution in [2.75, 3.05) is 39.8 Å². The standard InChI is InChI=1S/C23H29N3O4S/c1-24-22(27)16-26-17-23(18-30-20-9-5-6-10-21(20)31(26,28)29)11-13-25(14-12-23)15-19-7-3-2-4-8-19/h2-10H,11-18H2,1H3,(H,24,27). The number of fused-ring (bicyclic) bond motifs is 1. The zero-order chi connectivity index (χ0) is 21.9. The first-order chi connectivity index (χ1) is 14.9. The van der Waals surface area contributed by atoms with Crippen LogP contribution >= 0.6 is 0 Å². The van der Waals surface area contributed by atoms with Crippen LogP contribution in [0.5, 0.6) is 5.75 Å². The number of likely N-dealkylation sites (tertiary alicyclic amines) is 1. The van der Waals surface area contributed by atoms with E-state index < -0.39 is 10.0 Å². The molecule has 2 aromatic rings. The van der Waals surface area contributed by atoms with Crippen molar-refractivity contribution in [1.82, 2.24) is 14.5 Å². The Balaban J connectivity index is 1.57. The number of amides is 1. The third-order valence-corrected chi connectivity index (χ3v) is 8.11. The van der Waals surface area contributed by atoms with Gasteiger partial charge in [0.05, 0.1) is 13.2 Å². The van der Waals surface area contributed by atoms with Gasteiger partial charge in [-0.2, -0.15) is 4.31 Å². The predicted octanol–water partition coefficient (Wildman–Crippen LogP) is 2.10. The summed E-state index contributed by atoms with van der Waals surface area (Å²) in [4.78, 5) is 14.7. The molecular weight excluding hydrogens is 414 g/mol. The zero-order valence-electron chi connectivity index (χ0n) is 17.8. The van der Waals surface area contributed by atoms with Gasteiger partial charge in [-0.1, -0.05) is 42.5 Å². The minimum atomic E-state index is -3.85. The molecule has 1 saturated heterocycles. The Morgan fingerprint density at radius 2 is 1.74 bits per heavy atom. The summed E-state index contributed by atoms with van der Waals surface area (Å²) in [6, 6.07) is 17.0. The Hall–Kier alpha value is -2.42. The second-order valence-corrected chi connectivity index (χ2v) is 10.3. The number of hydrogen-bond donors (Lipinski definition) is 1. The van der Waals surface area contributed by atoms with E-state index in [1.165, 1.54) is 16.9 Å². The van der Waals surface area contributed by atoms with Crippen molar-refractivity contribution in [2.45, 2.75) is 24.3 Å². The van der Waals surface area contributed by atoms with Gasteiger partial charge in [0.15, 0.2) is 0 Å². The number of carbonyl (C=O) groups excluding carboxylic acids is 1.